The third kappa shape index (κ3) is 4.17. The third-order valence-electron chi connectivity index (χ3n) is 2.72. The number of nitrogens with zero attached hydrogens (tertiary/aromatic N) is 1. The van der Waals surface area contributed by atoms with Crippen LogP contribution in [0.15, 0.2) is 18.2 Å². The van der Waals surface area contributed by atoms with Crippen molar-refractivity contribution in [3.63, 3.8) is 0 Å². The van der Waals surface area contributed by atoms with Gasteiger partial charge in [0.25, 0.3) is 5.69 Å². The summed E-state index contributed by atoms with van der Waals surface area (Å²) < 4.78 is 4.52. The molecule has 0 unspecified atom stereocenters. The van der Waals surface area contributed by atoms with Crippen LogP contribution < -0.4 is 0 Å². The second-order valence-corrected chi connectivity index (χ2v) is 4.00. The number of unbranched alkanes of at least 4 members (excludes halogenated alkanes) is 2. The van der Waals surface area contributed by atoms with E-state index in [2.05, 4.69) is 4.74 Å². The minimum atomic E-state index is -0.601. The molecule has 0 aliphatic rings. The number of aryl methyl sites for hydroxylation is 1. The van der Waals surface area contributed by atoms with Gasteiger partial charge in [0, 0.05) is 18.1 Å². The number of carbonyl (C=O) groups is 2. The Hall–Kier alpha value is -2.24. The zero-order valence-corrected chi connectivity index (χ0v) is 10.6. The number of hydrogen-bond acceptors (Lipinski definition) is 5. The van der Waals surface area contributed by atoms with Gasteiger partial charge in [-0.05, 0) is 25.3 Å². The van der Waals surface area contributed by atoms with Crippen LogP contribution in [-0.4, -0.2) is 24.3 Å². The Morgan fingerprint density at radius 1 is 1.42 bits per heavy atom. The number of ether oxygens (including phenoxy) is 1. The van der Waals surface area contributed by atoms with Crippen molar-refractivity contribution >= 4 is 17.9 Å². The first-order chi connectivity index (χ1) is 9.10. The van der Waals surface area contributed by atoms with Gasteiger partial charge in [-0.3, -0.25) is 10.1 Å². The second-order valence-electron chi connectivity index (χ2n) is 4.00. The van der Waals surface area contributed by atoms with Gasteiger partial charge in [-0.25, -0.2) is 4.79 Å². The third-order valence-corrected chi connectivity index (χ3v) is 2.72. The molecule has 0 spiro atoms. The van der Waals surface area contributed by atoms with E-state index >= 15 is 0 Å². The molecule has 0 aliphatic heterocycles. The summed E-state index contributed by atoms with van der Waals surface area (Å²) in [4.78, 5) is 32.0. The molecule has 0 aliphatic carbocycles. The summed E-state index contributed by atoms with van der Waals surface area (Å²) in [6.45, 7) is 0. The molecule has 0 radical (unpaired) electrons. The molecule has 0 atom stereocenters. The Kier molecular flexibility index (Phi) is 5.66. The number of aldehydes is 1. The molecule has 0 saturated heterocycles. The van der Waals surface area contributed by atoms with Crippen LogP contribution in [0.1, 0.15) is 35.2 Å². The average Bonchev–Trinajstić information content (AvgIpc) is 2.42. The highest BCUT2D eigenvalue weighted by Gasteiger charge is 2.17. The van der Waals surface area contributed by atoms with Crippen molar-refractivity contribution in [2.24, 2.45) is 0 Å². The summed E-state index contributed by atoms with van der Waals surface area (Å²) in [7, 11) is 1.22. The molecule has 102 valence electrons. The van der Waals surface area contributed by atoms with E-state index in [0.717, 1.165) is 6.29 Å². The molecule has 1 rings (SSSR count). The normalized spacial score (nSPS) is 9.95. The van der Waals surface area contributed by atoms with Gasteiger partial charge < -0.3 is 9.53 Å². The fourth-order valence-corrected chi connectivity index (χ4v) is 1.73. The van der Waals surface area contributed by atoms with Crippen LogP contribution in [0.2, 0.25) is 0 Å². The van der Waals surface area contributed by atoms with Crippen molar-refractivity contribution in [1.82, 2.24) is 0 Å². The van der Waals surface area contributed by atoms with Crippen molar-refractivity contribution in [2.75, 3.05) is 7.11 Å². The van der Waals surface area contributed by atoms with Crippen molar-refractivity contribution in [3.05, 3.63) is 39.4 Å². The van der Waals surface area contributed by atoms with Crippen LogP contribution in [0, 0.1) is 10.1 Å². The lowest BCUT2D eigenvalue weighted by Crippen LogP contribution is -2.04. The van der Waals surface area contributed by atoms with Gasteiger partial charge in [-0.1, -0.05) is 6.07 Å². The van der Waals surface area contributed by atoms with Gasteiger partial charge in [0.1, 0.15) is 6.29 Å². The maximum absolute atomic E-state index is 11.3. The lowest BCUT2D eigenvalue weighted by atomic mass is 10.0. The quantitative estimate of drug-likeness (QED) is 0.248. The molecule has 0 heterocycles. The Bertz CT molecular complexity index is 484. The first-order valence-corrected chi connectivity index (χ1v) is 5.89. The number of nitro benzene ring substituents is 1. The summed E-state index contributed by atoms with van der Waals surface area (Å²) >= 11 is 0. The van der Waals surface area contributed by atoms with Crippen LogP contribution in [0.3, 0.4) is 0 Å². The number of hydrogen-bond donors (Lipinski definition) is 0. The number of carbonyl (C=O) groups excluding carboxylic acids is 2. The molecule has 0 saturated carbocycles. The number of nitro groups is 1. The summed E-state index contributed by atoms with van der Waals surface area (Å²) in [5.41, 5.74) is 0.628. The van der Waals surface area contributed by atoms with E-state index in [9.17, 15) is 19.7 Å². The molecule has 0 N–H and O–H groups in total. The smallest absolute Gasteiger partial charge is 0.338 e. The average molecular weight is 265 g/mol. The monoisotopic (exact) mass is 265 g/mol. The van der Waals surface area contributed by atoms with Gasteiger partial charge in [0.15, 0.2) is 0 Å². The molecule has 6 heteroatoms. The minimum absolute atomic E-state index is 0.0889. The minimum Gasteiger partial charge on any atom is -0.465 e. The van der Waals surface area contributed by atoms with E-state index in [0.29, 0.717) is 31.2 Å². The largest absolute Gasteiger partial charge is 0.465 e. The van der Waals surface area contributed by atoms with E-state index in [1.54, 1.807) is 6.07 Å². The molecular weight excluding hydrogens is 250 g/mol. The van der Waals surface area contributed by atoms with Crippen molar-refractivity contribution in [2.45, 2.75) is 25.7 Å². The molecule has 0 aromatic heterocycles. The Morgan fingerprint density at radius 3 is 2.74 bits per heavy atom. The van der Waals surface area contributed by atoms with Gasteiger partial charge in [0.05, 0.1) is 17.6 Å². The van der Waals surface area contributed by atoms with E-state index in [1.165, 1.54) is 19.2 Å². The number of rotatable bonds is 7. The van der Waals surface area contributed by atoms with Crippen LogP contribution in [0.5, 0.6) is 0 Å². The lowest BCUT2D eigenvalue weighted by Gasteiger charge is -2.04. The van der Waals surface area contributed by atoms with Gasteiger partial charge in [-0.2, -0.15) is 0 Å². The molecule has 19 heavy (non-hydrogen) atoms. The van der Waals surface area contributed by atoms with Crippen molar-refractivity contribution in [1.29, 1.82) is 0 Å². The highest BCUT2D eigenvalue weighted by atomic mass is 16.6. The summed E-state index contributed by atoms with van der Waals surface area (Å²) in [5, 5.41) is 11.0. The topological polar surface area (TPSA) is 86.5 Å². The fraction of sp³-hybridized carbons (Fsp3) is 0.385. The van der Waals surface area contributed by atoms with Gasteiger partial charge in [0.2, 0.25) is 0 Å². The van der Waals surface area contributed by atoms with E-state index in [-0.39, 0.29) is 11.3 Å². The molecule has 0 amide bonds. The summed E-state index contributed by atoms with van der Waals surface area (Å²) in [5.74, 6) is -0.601. The molecule has 0 fully saturated rings. The highest BCUT2D eigenvalue weighted by molar-refractivity contribution is 5.90. The maximum Gasteiger partial charge on any atom is 0.338 e. The first kappa shape index (κ1) is 14.8. The molecule has 6 nitrogen and oxygen atoms in total. The molecule has 1 aromatic carbocycles. The van der Waals surface area contributed by atoms with Gasteiger partial charge >= 0.3 is 5.97 Å². The maximum atomic E-state index is 11.3. The number of esters is 1. The fourth-order valence-electron chi connectivity index (χ4n) is 1.73. The first-order valence-electron chi connectivity index (χ1n) is 5.89. The van der Waals surface area contributed by atoms with Crippen molar-refractivity contribution < 1.29 is 19.2 Å². The zero-order valence-electron chi connectivity index (χ0n) is 10.6. The molecule has 0 bridgehead atoms. The summed E-state index contributed by atoms with van der Waals surface area (Å²) in [6, 6.07) is 4.29. The van der Waals surface area contributed by atoms with Crippen LogP contribution in [0.25, 0.3) is 0 Å². The van der Waals surface area contributed by atoms with Gasteiger partial charge in [-0.15, -0.1) is 0 Å². The Morgan fingerprint density at radius 2 is 2.16 bits per heavy atom. The van der Waals surface area contributed by atoms with Crippen LogP contribution in [0.4, 0.5) is 5.69 Å². The number of benzene rings is 1. The predicted octanol–water partition coefficient (Wildman–Crippen LogP) is 2.29. The highest BCUT2D eigenvalue weighted by Crippen LogP contribution is 2.22. The number of methoxy groups -OCH3 is 1. The lowest BCUT2D eigenvalue weighted by molar-refractivity contribution is -0.385. The molecular formula is C13H15NO5. The summed E-state index contributed by atoms with van der Waals surface area (Å²) in [6.07, 6.45) is 3.17. The van der Waals surface area contributed by atoms with E-state index in [1.807, 2.05) is 0 Å². The van der Waals surface area contributed by atoms with E-state index in [4.69, 9.17) is 0 Å². The molecule has 1 aromatic rings. The Balaban J connectivity index is 2.89. The van der Waals surface area contributed by atoms with Crippen molar-refractivity contribution in [3.8, 4) is 0 Å². The van der Waals surface area contributed by atoms with Crippen LogP contribution >= 0.6 is 0 Å². The standard InChI is InChI=1S/C13H15NO5/c1-19-13(16)11-7-6-10(5-3-2-4-8-15)12(9-11)14(17)18/h6-9H,2-5H2,1H3. The zero-order chi connectivity index (χ0) is 14.3. The second kappa shape index (κ2) is 7.25. The predicted molar refractivity (Wildman–Crippen MR) is 68.1 cm³/mol. The Labute approximate surface area is 110 Å². The van der Waals surface area contributed by atoms with Crippen LogP contribution in [-0.2, 0) is 16.0 Å². The SMILES string of the molecule is COC(=O)c1ccc(CCCCC=O)c([N+](=O)[O-])c1. The van der Waals surface area contributed by atoms with E-state index < -0.39 is 10.9 Å².